The summed E-state index contributed by atoms with van der Waals surface area (Å²) in [6.07, 6.45) is 2.66. The Morgan fingerprint density at radius 2 is 1.31 bits per heavy atom. The van der Waals surface area contributed by atoms with E-state index in [1.165, 1.54) is 37.7 Å². The Balaban J connectivity index is 1.77. The van der Waals surface area contributed by atoms with Gasteiger partial charge in [-0.3, -0.25) is 0 Å². The van der Waals surface area contributed by atoms with E-state index in [-0.39, 0.29) is 0 Å². The number of rotatable bonds is 1. The van der Waals surface area contributed by atoms with E-state index >= 15 is 0 Å². The van der Waals surface area contributed by atoms with Crippen LogP contribution in [0.3, 0.4) is 0 Å². The molecule has 0 amide bonds. The van der Waals surface area contributed by atoms with Crippen LogP contribution in [0.25, 0.3) is 54.3 Å². The summed E-state index contributed by atoms with van der Waals surface area (Å²) in [6.45, 7) is 2.12. The lowest BCUT2D eigenvalue weighted by Gasteiger charge is -2.08. The Labute approximate surface area is 149 Å². The highest BCUT2D eigenvalue weighted by Gasteiger charge is 2.10. The number of aryl methyl sites for hydroxylation is 1. The highest BCUT2D eigenvalue weighted by molar-refractivity contribution is 6.20. The normalized spacial score (nSPS) is 12.2. The molecule has 0 saturated carbocycles. The van der Waals surface area contributed by atoms with Crippen molar-refractivity contribution in [2.75, 3.05) is 0 Å². The van der Waals surface area contributed by atoms with Crippen LogP contribution in [0.1, 0.15) is 12.7 Å². The van der Waals surface area contributed by atoms with Crippen LogP contribution in [-0.2, 0) is 6.42 Å². The Morgan fingerprint density at radius 3 is 2.04 bits per heavy atom. The first-order chi connectivity index (χ1) is 12.8. The van der Waals surface area contributed by atoms with Gasteiger partial charge < -0.3 is 8.83 Å². The van der Waals surface area contributed by atoms with E-state index in [4.69, 9.17) is 8.83 Å². The van der Waals surface area contributed by atoms with Gasteiger partial charge in [-0.15, -0.1) is 0 Å². The van der Waals surface area contributed by atoms with Crippen LogP contribution in [0.15, 0.2) is 75.8 Å². The molecule has 0 aliphatic carbocycles. The molecule has 2 nitrogen and oxygen atoms in total. The number of hydrogen-bond acceptors (Lipinski definition) is 2. The molecule has 0 aliphatic rings. The zero-order valence-electron chi connectivity index (χ0n) is 14.4. The Hall–Kier alpha value is -3.26. The van der Waals surface area contributed by atoms with E-state index in [1.54, 1.807) is 6.26 Å². The van der Waals surface area contributed by atoms with E-state index in [2.05, 4.69) is 61.5 Å². The summed E-state index contributed by atoms with van der Waals surface area (Å²) in [7, 11) is 0. The van der Waals surface area contributed by atoms with Crippen molar-refractivity contribution >= 4 is 54.3 Å². The SMILES string of the molecule is CCc1cc2cc3ccc4c5cc6occc6cc5ccc4c3cc2o1. The molecule has 4 aromatic carbocycles. The molecule has 2 heterocycles. The van der Waals surface area contributed by atoms with E-state index in [0.717, 1.165) is 28.7 Å². The largest absolute Gasteiger partial charge is 0.464 e. The predicted molar refractivity (Wildman–Crippen MR) is 108 cm³/mol. The minimum Gasteiger partial charge on any atom is -0.464 e. The van der Waals surface area contributed by atoms with Crippen molar-refractivity contribution in [3.8, 4) is 0 Å². The van der Waals surface area contributed by atoms with Gasteiger partial charge in [-0.05, 0) is 68.7 Å². The monoisotopic (exact) mass is 336 g/mol. The fourth-order valence-electron chi connectivity index (χ4n) is 4.10. The average Bonchev–Trinajstić information content (AvgIpc) is 3.29. The summed E-state index contributed by atoms with van der Waals surface area (Å²) in [5.41, 5.74) is 1.89. The minimum absolute atomic E-state index is 0.912. The third-order valence-corrected chi connectivity index (χ3v) is 5.44. The molecular weight excluding hydrogens is 320 g/mol. The van der Waals surface area contributed by atoms with Gasteiger partial charge in [0.25, 0.3) is 0 Å². The standard InChI is InChI=1S/C24H16O2/c1-2-18-11-17-10-15-4-6-19-20(22(15)13-24(17)26-18)5-3-14-9-16-7-8-25-23(16)12-21(14)19/h3-13H,2H2,1H3. The number of benzene rings is 4. The van der Waals surface area contributed by atoms with Gasteiger partial charge in [0, 0.05) is 17.2 Å². The fraction of sp³-hybridized carbons (Fsp3) is 0.0833. The molecule has 0 bridgehead atoms. The summed E-state index contributed by atoms with van der Waals surface area (Å²) in [4.78, 5) is 0. The van der Waals surface area contributed by atoms with Gasteiger partial charge in [0.15, 0.2) is 0 Å². The molecule has 2 aromatic heterocycles. The van der Waals surface area contributed by atoms with Gasteiger partial charge in [-0.25, -0.2) is 0 Å². The van der Waals surface area contributed by atoms with Crippen LogP contribution in [0, 0.1) is 0 Å². The van der Waals surface area contributed by atoms with Crippen molar-refractivity contribution in [1.29, 1.82) is 0 Å². The molecule has 124 valence electrons. The molecule has 0 atom stereocenters. The predicted octanol–water partition coefficient (Wildman–Crippen LogP) is 7.20. The molecule has 26 heavy (non-hydrogen) atoms. The first-order valence-corrected chi connectivity index (χ1v) is 8.99. The zero-order valence-corrected chi connectivity index (χ0v) is 14.4. The second-order valence-electron chi connectivity index (χ2n) is 6.94. The zero-order chi connectivity index (χ0) is 17.3. The molecule has 0 fully saturated rings. The highest BCUT2D eigenvalue weighted by Crippen LogP contribution is 2.35. The van der Waals surface area contributed by atoms with Crippen molar-refractivity contribution in [2.45, 2.75) is 13.3 Å². The molecular formula is C24H16O2. The maximum Gasteiger partial charge on any atom is 0.134 e. The highest BCUT2D eigenvalue weighted by atomic mass is 16.3. The second kappa shape index (κ2) is 4.89. The van der Waals surface area contributed by atoms with Crippen LogP contribution in [0.5, 0.6) is 0 Å². The van der Waals surface area contributed by atoms with E-state index in [1.807, 2.05) is 6.07 Å². The van der Waals surface area contributed by atoms with Gasteiger partial charge in [0.2, 0.25) is 0 Å². The average molecular weight is 336 g/mol. The van der Waals surface area contributed by atoms with Crippen LogP contribution in [0.4, 0.5) is 0 Å². The Bertz CT molecular complexity index is 1460. The van der Waals surface area contributed by atoms with Crippen LogP contribution in [-0.4, -0.2) is 0 Å². The number of furan rings is 2. The summed E-state index contributed by atoms with van der Waals surface area (Å²) in [5.74, 6) is 1.03. The van der Waals surface area contributed by atoms with Gasteiger partial charge in [0.1, 0.15) is 16.9 Å². The maximum absolute atomic E-state index is 5.99. The molecule has 0 N–H and O–H groups in total. The topological polar surface area (TPSA) is 26.3 Å². The molecule has 0 spiro atoms. The van der Waals surface area contributed by atoms with Gasteiger partial charge in [0.05, 0.1) is 6.26 Å². The van der Waals surface area contributed by atoms with Gasteiger partial charge in [-0.2, -0.15) is 0 Å². The van der Waals surface area contributed by atoms with Crippen molar-refractivity contribution in [3.05, 3.63) is 72.7 Å². The smallest absolute Gasteiger partial charge is 0.134 e. The van der Waals surface area contributed by atoms with Crippen molar-refractivity contribution in [1.82, 2.24) is 0 Å². The molecule has 0 aliphatic heterocycles. The molecule has 0 unspecified atom stereocenters. The quantitative estimate of drug-likeness (QED) is 0.297. The molecule has 2 heteroatoms. The first kappa shape index (κ1) is 14.0. The third-order valence-electron chi connectivity index (χ3n) is 5.44. The van der Waals surface area contributed by atoms with Crippen molar-refractivity contribution in [2.24, 2.45) is 0 Å². The van der Waals surface area contributed by atoms with Crippen molar-refractivity contribution < 1.29 is 8.83 Å². The summed E-state index contributed by atoms with van der Waals surface area (Å²) in [6, 6.07) is 21.8. The lowest BCUT2D eigenvalue weighted by molar-refractivity contribution is 0.557. The van der Waals surface area contributed by atoms with Gasteiger partial charge in [-0.1, -0.05) is 31.2 Å². The second-order valence-corrected chi connectivity index (χ2v) is 6.94. The van der Waals surface area contributed by atoms with Crippen LogP contribution >= 0.6 is 0 Å². The molecule has 0 saturated heterocycles. The fourth-order valence-corrected chi connectivity index (χ4v) is 4.10. The Kier molecular flexibility index (Phi) is 2.63. The van der Waals surface area contributed by atoms with Crippen LogP contribution in [0.2, 0.25) is 0 Å². The maximum atomic E-state index is 5.99. The first-order valence-electron chi connectivity index (χ1n) is 8.99. The van der Waals surface area contributed by atoms with E-state index in [0.29, 0.717) is 0 Å². The molecule has 6 aromatic rings. The van der Waals surface area contributed by atoms with E-state index < -0.39 is 0 Å². The molecule has 0 radical (unpaired) electrons. The molecule has 6 rings (SSSR count). The van der Waals surface area contributed by atoms with Gasteiger partial charge >= 0.3 is 0 Å². The number of hydrogen-bond donors (Lipinski definition) is 0. The third kappa shape index (κ3) is 1.81. The van der Waals surface area contributed by atoms with Crippen molar-refractivity contribution in [3.63, 3.8) is 0 Å². The summed E-state index contributed by atoms with van der Waals surface area (Å²) < 4.78 is 11.6. The number of fused-ring (bicyclic) bond motifs is 7. The minimum atomic E-state index is 0.912. The Morgan fingerprint density at radius 1 is 0.615 bits per heavy atom. The summed E-state index contributed by atoms with van der Waals surface area (Å²) >= 11 is 0. The van der Waals surface area contributed by atoms with Crippen LogP contribution < -0.4 is 0 Å². The summed E-state index contributed by atoms with van der Waals surface area (Å²) in [5, 5.41) is 9.74. The lowest BCUT2D eigenvalue weighted by Crippen LogP contribution is -1.81. The van der Waals surface area contributed by atoms with E-state index in [9.17, 15) is 0 Å². The lowest BCUT2D eigenvalue weighted by atomic mass is 9.96.